The second kappa shape index (κ2) is 7.35. The molecule has 0 saturated carbocycles. The summed E-state index contributed by atoms with van der Waals surface area (Å²) < 4.78 is 65.6. The maximum Gasteiger partial charge on any atom is 0.433 e. The lowest BCUT2D eigenvalue weighted by molar-refractivity contribution is -0.141. The van der Waals surface area contributed by atoms with Crippen molar-refractivity contribution in [3.63, 3.8) is 0 Å². The molecule has 1 amide bonds. The molecule has 0 bridgehead atoms. The summed E-state index contributed by atoms with van der Waals surface area (Å²) in [6.07, 6.45) is -3.63. The zero-order valence-electron chi connectivity index (χ0n) is 16.5. The van der Waals surface area contributed by atoms with Gasteiger partial charge < -0.3 is 9.47 Å². The molecule has 0 unspecified atom stereocenters. The summed E-state index contributed by atoms with van der Waals surface area (Å²) in [5, 5.41) is 0. The predicted octanol–water partition coefficient (Wildman–Crippen LogP) is 2.83. The van der Waals surface area contributed by atoms with Crippen LogP contribution in [0, 0.1) is 0 Å². The van der Waals surface area contributed by atoms with Crippen LogP contribution in [-0.2, 0) is 27.9 Å². The second-order valence-corrected chi connectivity index (χ2v) is 8.79. The topological polar surface area (TPSA) is 98.1 Å². The first kappa shape index (κ1) is 21.7. The molecule has 8 nitrogen and oxygen atoms in total. The van der Waals surface area contributed by atoms with E-state index in [0.717, 1.165) is 12.3 Å². The van der Waals surface area contributed by atoms with E-state index in [9.17, 15) is 26.4 Å². The summed E-state index contributed by atoms with van der Waals surface area (Å²) >= 11 is 0. The van der Waals surface area contributed by atoms with Crippen LogP contribution in [0.1, 0.15) is 19.5 Å². The maximum atomic E-state index is 13.0. The van der Waals surface area contributed by atoms with Gasteiger partial charge in [-0.2, -0.15) is 13.2 Å². The Morgan fingerprint density at radius 3 is 2.47 bits per heavy atom. The van der Waals surface area contributed by atoms with Gasteiger partial charge >= 0.3 is 6.18 Å². The quantitative estimate of drug-likeness (QED) is 0.618. The van der Waals surface area contributed by atoms with Gasteiger partial charge in [-0.15, -0.1) is 0 Å². The Labute approximate surface area is 170 Å². The molecule has 30 heavy (non-hydrogen) atoms. The van der Waals surface area contributed by atoms with E-state index < -0.39 is 21.7 Å². The molecule has 0 N–H and O–H groups in total. The SMILES string of the molecule is CCS(=O)(=O)c1ccc(N(C)C(C)=O)nc1-c1nc2cc(C(F)(F)F)ncc2n1C. The van der Waals surface area contributed by atoms with Gasteiger partial charge in [0.25, 0.3) is 0 Å². The van der Waals surface area contributed by atoms with Gasteiger partial charge in [0, 0.05) is 21.0 Å². The lowest BCUT2D eigenvalue weighted by atomic mass is 10.3. The van der Waals surface area contributed by atoms with Crippen molar-refractivity contribution in [2.45, 2.75) is 24.9 Å². The first-order chi connectivity index (χ1) is 13.9. The number of hydrogen-bond donors (Lipinski definition) is 0. The number of imidazole rings is 1. The molecule has 0 radical (unpaired) electrons. The summed E-state index contributed by atoms with van der Waals surface area (Å²) in [6.45, 7) is 2.78. The van der Waals surface area contributed by atoms with Crippen LogP contribution in [0.5, 0.6) is 0 Å². The summed E-state index contributed by atoms with van der Waals surface area (Å²) in [5.41, 5.74) is -0.916. The molecule has 0 atom stereocenters. The minimum Gasteiger partial charge on any atom is -0.324 e. The number of halogens is 3. The van der Waals surface area contributed by atoms with Gasteiger partial charge in [0.05, 0.1) is 27.9 Å². The molecule has 0 aliphatic rings. The van der Waals surface area contributed by atoms with E-state index >= 15 is 0 Å². The largest absolute Gasteiger partial charge is 0.433 e. The summed E-state index contributed by atoms with van der Waals surface area (Å²) in [4.78, 5) is 24.7. The highest BCUT2D eigenvalue weighted by atomic mass is 32.2. The summed E-state index contributed by atoms with van der Waals surface area (Å²) in [6, 6.07) is 3.49. The molecule has 3 heterocycles. The van der Waals surface area contributed by atoms with Crippen molar-refractivity contribution in [3.8, 4) is 11.5 Å². The van der Waals surface area contributed by atoms with Crippen LogP contribution in [0.25, 0.3) is 22.6 Å². The molecule has 0 spiro atoms. The number of fused-ring (bicyclic) bond motifs is 1. The van der Waals surface area contributed by atoms with Crippen LogP contribution < -0.4 is 4.90 Å². The standard InChI is InChI=1S/C18H18F3N5O3S/c1-5-30(28,29)13-6-7-15(25(3)10(2)27)24-16(13)17-23-11-8-14(18(19,20)21)22-9-12(11)26(17)4/h6-9H,5H2,1-4H3. The molecule has 3 rings (SSSR count). The Bertz CT molecular complexity index is 1250. The van der Waals surface area contributed by atoms with Gasteiger partial charge in [-0.05, 0) is 18.2 Å². The number of aromatic nitrogens is 4. The molecule has 3 aromatic rings. The van der Waals surface area contributed by atoms with E-state index in [-0.39, 0.29) is 44.9 Å². The molecular weight excluding hydrogens is 423 g/mol. The molecule has 0 fully saturated rings. The van der Waals surface area contributed by atoms with Crippen LogP contribution in [0.2, 0.25) is 0 Å². The minimum atomic E-state index is -4.65. The van der Waals surface area contributed by atoms with Gasteiger partial charge in [-0.1, -0.05) is 6.92 Å². The van der Waals surface area contributed by atoms with Gasteiger partial charge in [-0.25, -0.2) is 23.4 Å². The molecule has 12 heteroatoms. The average molecular weight is 441 g/mol. The number of sulfone groups is 1. The molecule has 0 saturated heterocycles. The number of aryl methyl sites for hydroxylation is 1. The number of pyridine rings is 2. The number of rotatable bonds is 4. The fraction of sp³-hybridized carbons (Fsp3) is 0.333. The Morgan fingerprint density at radius 2 is 1.90 bits per heavy atom. The van der Waals surface area contributed by atoms with Gasteiger partial charge in [-0.3, -0.25) is 4.79 Å². The zero-order chi connectivity index (χ0) is 22.4. The average Bonchev–Trinajstić information content (AvgIpc) is 3.02. The van der Waals surface area contributed by atoms with Crippen LogP contribution in [0.3, 0.4) is 0 Å². The van der Waals surface area contributed by atoms with Gasteiger partial charge in [0.2, 0.25) is 5.91 Å². The minimum absolute atomic E-state index is 0.0122. The van der Waals surface area contributed by atoms with Crippen molar-refractivity contribution in [1.29, 1.82) is 0 Å². The summed E-state index contributed by atoms with van der Waals surface area (Å²) in [5.74, 6) is -0.331. The third-order valence-corrected chi connectivity index (χ3v) is 6.40. The Balaban J connectivity index is 2.32. The fourth-order valence-electron chi connectivity index (χ4n) is 2.81. The number of amides is 1. The van der Waals surface area contributed by atoms with E-state index in [4.69, 9.17) is 0 Å². The number of nitrogens with zero attached hydrogens (tertiary/aromatic N) is 5. The van der Waals surface area contributed by atoms with E-state index in [2.05, 4.69) is 15.0 Å². The predicted molar refractivity (Wildman–Crippen MR) is 104 cm³/mol. The van der Waals surface area contributed by atoms with Crippen molar-refractivity contribution in [2.24, 2.45) is 7.05 Å². The maximum absolute atomic E-state index is 13.0. The molecule has 3 aromatic heterocycles. The lowest BCUT2D eigenvalue weighted by Gasteiger charge is -2.16. The highest BCUT2D eigenvalue weighted by Gasteiger charge is 2.33. The highest BCUT2D eigenvalue weighted by molar-refractivity contribution is 7.91. The number of alkyl halides is 3. The highest BCUT2D eigenvalue weighted by Crippen LogP contribution is 2.33. The van der Waals surface area contributed by atoms with Gasteiger partial charge in [0.15, 0.2) is 15.7 Å². The first-order valence-corrected chi connectivity index (χ1v) is 10.4. The van der Waals surface area contributed by atoms with Crippen LogP contribution in [-0.4, -0.2) is 46.6 Å². The Hall–Kier alpha value is -3.02. The number of anilines is 1. The van der Waals surface area contributed by atoms with Crippen LogP contribution in [0.4, 0.5) is 19.0 Å². The third kappa shape index (κ3) is 3.74. The molecule has 0 aromatic carbocycles. The van der Waals surface area contributed by atoms with E-state index in [0.29, 0.717) is 0 Å². The third-order valence-electron chi connectivity index (χ3n) is 4.64. The zero-order valence-corrected chi connectivity index (χ0v) is 17.3. The van der Waals surface area contributed by atoms with Gasteiger partial charge in [0.1, 0.15) is 17.2 Å². The van der Waals surface area contributed by atoms with Crippen LogP contribution >= 0.6 is 0 Å². The Morgan fingerprint density at radius 1 is 1.23 bits per heavy atom. The molecule has 0 aliphatic carbocycles. The van der Waals surface area contributed by atoms with E-state index in [1.807, 2.05) is 0 Å². The van der Waals surface area contributed by atoms with Crippen molar-refractivity contribution >= 4 is 32.6 Å². The number of carbonyl (C=O) groups is 1. The molecular formula is C18H18F3N5O3S. The van der Waals surface area contributed by atoms with Crippen LogP contribution in [0.15, 0.2) is 29.3 Å². The monoisotopic (exact) mass is 441 g/mol. The number of carbonyl (C=O) groups excluding carboxylic acids is 1. The molecule has 160 valence electrons. The van der Waals surface area contributed by atoms with Crippen molar-refractivity contribution in [2.75, 3.05) is 17.7 Å². The van der Waals surface area contributed by atoms with Crippen molar-refractivity contribution in [3.05, 3.63) is 30.1 Å². The molecule has 0 aliphatic heterocycles. The van der Waals surface area contributed by atoms with E-state index in [1.54, 1.807) is 0 Å². The fourth-order valence-corrected chi connectivity index (χ4v) is 3.82. The first-order valence-electron chi connectivity index (χ1n) is 8.75. The smallest absolute Gasteiger partial charge is 0.324 e. The second-order valence-electron chi connectivity index (χ2n) is 6.55. The Kier molecular flexibility index (Phi) is 5.31. The van der Waals surface area contributed by atoms with Crippen molar-refractivity contribution < 1.29 is 26.4 Å². The lowest BCUT2D eigenvalue weighted by Crippen LogP contribution is -2.24. The summed E-state index contributed by atoms with van der Waals surface area (Å²) in [7, 11) is -0.752. The van der Waals surface area contributed by atoms with Crippen molar-refractivity contribution in [1.82, 2.24) is 19.5 Å². The van der Waals surface area contributed by atoms with E-state index in [1.165, 1.54) is 49.5 Å². The number of hydrogen-bond acceptors (Lipinski definition) is 6. The normalized spacial score (nSPS) is 12.4.